The van der Waals surface area contributed by atoms with Gasteiger partial charge in [-0.05, 0) is 26.2 Å². The molecule has 104 valence electrons. The Labute approximate surface area is 109 Å². The Morgan fingerprint density at radius 2 is 1.78 bits per heavy atom. The highest BCUT2D eigenvalue weighted by molar-refractivity contribution is 6.03. The molecule has 0 aromatic rings. The maximum atomic E-state index is 12.6. The van der Waals surface area contributed by atoms with Crippen LogP contribution in [0.25, 0.3) is 0 Å². The summed E-state index contributed by atoms with van der Waals surface area (Å²) in [5.41, 5.74) is -0.748. The van der Waals surface area contributed by atoms with Crippen LogP contribution in [-0.4, -0.2) is 31.1 Å². The van der Waals surface area contributed by atoms with Crippen molar-refractivity contribution in [2.24, 2.45) is 5.92 Å². The molecule has 4 nitrogen and oxygen atoms in total. The van der Waals surface area contributed by atoms with E-state index in [1.54, 1.807) is 0 Å². The highest BCUT2D eigenvalue weighted by Gasteiger charge is 2.45. The van der Waals surface area contributed by atoms with Gasteiger partial charge in [0, 0.05) is 6.61 Å². The minimum atomic E-state index is -0.748. The maximum Gasteiger partial charge on any atom is 0.316 e. The van der Waals surface area contributed by atoms with Crippen LogP contribution in [0.4, 0.5) is 0 Å². The molecule has 1 atom stereocenters. The van der Waals surface area contributed by atoms with Gasteiger partial charge in [-0.2, -0.15) is 0 Å². The zero-order chi connectivity index (χ0) is 13.6. The number of methoxy groups -OCH3 is 1. The second kappa shape index (κ2) is 6.88. The standard InChI is InChI=1S/C14H24O4/c1-4-11(13(16)17-3)12(15)14(18-5-2)9-7-6-8-10-14/h11H,4-10H2,1-3H3. The first-order valence-corrected chi connectivity index (χ1v) is 6.87. The number of Topliss-reactive ketones (excluding diaryl/α,β-unsaturated/α-hetero) is 1. The van der Waals surface area contributed by atoms with Crippen LogP contribution in [0, 0.1) is 5.92 Å². The third kappa shape index (κ3) is 3.10. The van der Waals surface area contributed by atoms with E-state index in [1.807, 2.05) is 13.8 Å². The molecule has 0 heterocycles. The van der Waals surface area contributed by atoms with E-state index in [-0.39, 0.29) is 5.78 Å². The van der Waals surface area contributed by atoms with E-state index in [9.17, 15) is 9.59 Å². The number of ketones is 1. The van der Waals surface area contributed by atoms with Crippen molar-refractivity contribution < 1.29 is 19.1 Å². The molecule has 1 fully saturated rings. The molecule has 0 saturated heterocycles. The fourth-order valence-corrected chi connectivity index (χ4v) is 2.78. The normalized spacial score (nSPS) is 20.2. The predicted octanol–water partition coefficient (Wildman–Crippen LogP) is 2.49. The second-order valence-electron chi connectivity index (χ2n) is 4.84. The molecule has 1 saturated carbocycles. The number of hydrogen-bond acceptors (Lipinski definition) is 4. The number of rotatable bonds is 6. The summed E-state index contributed by atoms with van der Waals surface area (Å²) in [5, 5.41) is 0. The summed E-state index contributed by atoms with van der Waals surface area (Å²) in [4.78, 5) is 24.3. The maximum absolute atomic E-state index is 12.6. The van der Waals surface area contributed by atoms with Gasteiger partial charge in [-0.25, -0.2) is 0 Å². The van der Waals surface area contributed by atoms with Gasteiger partial charge in [0.1, 0.15) is 11.5 Å². The topological polar surface area (TPSA) is 52.6 Å². The third-order valence-corrected chi connectivity index (χ3v) is 3.74. The van der Waals surface area contributed by atoms with Crippen molar-refractivity contribution >= 4 is 11.8 Å². The van der Waals surface area contributed by atoms with Crippen molar-refractivity contribution in [3.63, 3.8) is 0 Å². The van der Waals surface area contributed by atoms with Gasteiger partial charge in [0.2, 0.25) is 0 Å². The SMILES string of the molecule is CCOC1(C(=O)C(CC)C(=O)OC)CCCCC1. The van der Waals surface area contributed by atoms with Gasteiger partial charge in [-0.15, -0.1) is 0 Å². The number of carbonyl (C=O) groups is 2. The quantitative estimate of drug-likeness (QED) is 0.541. The van der Waals surface area contributed by atoms with Gasteiger partial charge in [0.15, 0.2) is 5.78 Å². The van der Waals surface area contributed by atoms with E-state index in [2.05, 4.69) is 0 Å². The average Bonchev–Trinajstić information content (AvgIpc) is 2.40. The summed E-state index contributed by atoms with van der Waals surface area (Å²) >= 11 is 0. The van der Waals surface area contributed by atoms with Gasteiger partial charge in [0.05, 0.1) is 7.11 Å². The fourth-order valence-electron chi connectivity index (χ4n) is 2.78. The average molecular weight is 256 g/mol. The molecule has 0 aromatic carbocycles. The number of ether oxygens (including phenoxy) is 2. The molecule has 0 spiro atoms. The molecule has 18 heavy (non-hydrogen) atoms. The smallest absolute Gasteiger partial charge is 0.316 e. The van der Waals surface area contributed by atoms with Gasteiger partial charge in [-0.3, -0.25) is 9.59 Å². The van der Waals surface area contributed by atoms with Crippen LogP contribution in [0.15, 0.2) is 0 Å². The summed E-state index contributed by atoms with van der Waals surface area (Å²) < 4.78 is 10.5. The minimum Gasteiger partial charge on any atom is -0.468 e. The predicted molar refractivity (Wildman–Crippen MR) is 68.2 cm³/mol. The van der Waals surface area contributed by atoms with E-state index in [0.29, 0.717) is 13.0 Å². The van der Waals surface area contributed by atoms with Crippen molar-refractivity contribution in [2.45, 2.75) is 58.0 Å². The lowest BCUT2D eigenvalue weighted by Crippen LogP contribution is -2.48. The summed E-state index contributed by atoms with van der Waals surface area (Å²) in [6.07, 6.45) is 5.05. The van der Waals surface area contributed by atoms with Crippen molar-refractivity contribution in [3.8, 4) is 0 Å². The molecule has 1 aliphatic carbocycles. The molecular formula is C14H24O4. The number of esters is 1. The first-order valence-electron chi connectivity index (χ1n) is 6.87. The van der Waals surface area contributed by atoms with Crippen LogP contribution < -0.4 is 0 Å². The van der Waals surface area contributed by atoms with Crippen molar-refractivity contribution in [2.75, 3.05) is 13.7 Å². The fraction of sp³-hybridized carbons (Fsp3) is 0.857. The highest BCUT2D eigenvalue weighted by Crippen LogP contribution is 2.35. The molecule has 0 aliphatic heterocycles. The molecular weight excluding hydrogens is 232 g/mol. The van der Waals surface area contributed by atoms with Gasteiger partial charge < -0.3 is 9.47 Å². The first-order chi connectivity index (χ1) is 8.61. The molecule has 0 radical (unpaired) electrons. The molecule has 0 amide bonds. The van der Waals surface area contributed by atoms with E-state index in [0.717, 1.165) is 32.1 Å². The summed E-state index contributed by atoms with van der Waals surface area (Å²) in [6, 6.07) is 0. The van der Waals surface area contributed by atoms with Crippen LogP contribution >= 0.6 is 0 Å². The zero-order valence-electron chi connectivity index (χ0n) is 11.7. The number of hydrogen-bond donors (Lipinski definition) is 0. The lowest BCUT2D eigenvalue weighted by Gasteiger charge is -2.37. The Morgan fingerprint density at radius 3 is 2.22 bits per heavy atom. The van der Waals surface area contributed by atoms with Crippen LogP contribution in [0.2, 0.25) is 0 Å². The molecule has 0 aromatic heterocycles. The lowest BCUT2D eigenvalue weighted by atomic mass is 9.76. The Kier molecular flexibility index (Phi) is 5.79. The molecule has 0 bridgehead atoms. The molecule has 4 heteroatoms. The van der Waals surface area contributed by atoms with Crippen molar-refractivity contribution in [3.05, 3.63) is 0 Å². The first kappa shape index (κ1) is 15.2. The van der Waals surface area contributed by atoms with Crippen molar-refractivity contribution in [1.82, 2.24) is 0 Å². The zero-order valence-corrected chi connectivity index (χ0v) is 11.7. The van der Waals surface area contributed by atoms with Gasteiger partial charge >= 0.3 is 5.97 Å². The van der Waals surface area contributed by atoms with Crippen LogP contribution in [0.1, 0.15) is 52.4 Å². The summed E-state index contributed by atoms with van der Waals surface area (Å²) in [6.45, 7) is 4.23. The number of carbonyl (C=O) groups excluding carboxylic acids is 2. The summed E-state index contributed by atoms with van der Waals surface area (Å²) in [7, 11) is 1.33. The highest BCUT2D eigenvalue weighted by atomic mass is 16.5. The van der Waals surface area contributed by atoms with E-state index in [4.69, 9.17) is 9.47 Å². The molecule has 1 aliphatic rings. The van der Waals surface area contributed by atoms with Crippen LogP contribution in [-0.2, 0) is 19.1 Å². The Balaban J connectivity index is 2.89. The van der Waals surface area contributed by atoms with Crippen LogP contribution in [0.5, 0.6) is 0 Å². The second-order valence-corrected chi connectivity index (χ2v) is 4.84. The van der Waals surface area contributed by atoms with Gasteiger partial charge in [-0.1, -0.05) is 26.2 Å². The summed E-state index contributed by atoms with van der Waals surface area (Å²) in [5.74, 6) is -1.20. The van der Waals surface area contributed by atoms with Crippen molar-refractivity contribution in [1.29, 1.82) is 0 Å². The van der Waals surface area contributed by atoms with E-state index in [1.165, 1.54) is 7.11 Å². The van der Waals surface area contributed by atoms with E-state index >= 15 is 0 Å². The molecule has 0 N–H and O–H groups in total. The Hall–Kier alpha value is -0.900. The molecule has 1 rings (SSSR count). The largest absolute Gasteiger partial charge is 0.468 e. The third-order valence-electron chi connectivity index (χ3n) is 3.74. The Bertz CT molecular complexity index is 287. The molecule has 1 unspecified atom stereocenters. The van der Waals surface area contributed by atoms with Gasteiger partial charge in [0.25, 0.3) is 0 Å². The Morgan fingerprint density at radius 1 is 1.17 bits per heavy atom. The minimum absolute atomic E-state index is 0.0848. The van der Waals surface area contributed by atoms with Crippen LogP contribution in [0.3, 0.4) is 0 Å². The monoisotopic (exact) mass is 256 g/mol. The lowest BCUT2D eigenvalue weighted by molar-refractivity contribution is -0.163. The van der Waals surface area contributed by atoms with E-state index < -0.39 is 17.5 Å².